The van der Waals surface area contributed by atoms with E-state index in [-0.39, 0.29) is 41.1 Å². The number of carbonyl (C=O) groups is 2. The topological polar surface area (TPSA) is 49.4 Å². The summed E-state index contributed by atoms with van der Waals surface area (Å²) in [4.78, 5) is 27.1. The molecule has 0 spiro atoms. The summed E-state index contributed by atoms with van der Waals surface area (Å²) >= 11 is 0. The molecule has 0 aromatic heterocycles. The Morgan fingerprint density at radius 2 is 1.76 bits per heavy atom. The lowest BCUT2D eigenvalue weighted by atomic mass is 9.88. The highest BCUT2D eigenvalue weighted by Gasteiger charge is 2.43. The summed E-state index contributed by atoms with van der Waals surface area (Å²) in [5, 5.41) is 2.93. The van der Waals surface area contributed by atoms with E-state index in [1.54, 1.807) is 0 Å². The van der Waals surface area contributed by atoms with Crippen LogP contribution in [0.3, 0.4) is 0 Å². The molecule has 1 fully saturated rings. The summed E-state index contributed by atoms with van der Waals surface area (Å²) in [6.45, 7) is 15.2. The number of nitrogens with zero attached hydrogens (tertiary/aromatic N) is 1. The predicted molar refractivity (Wildman–Crippen MR) is 85.8 cm³/mol. The minimum atomic E-state index is -0.377. The third-order valence-electron chi connectivity index (χ3n) is 4.40. The Labute approximate surface area is 129 Å². The van der Waals surface area contributed by atoms with Crippen molar-refractivity contribution in [1.82, 2.24) is 10.2 Å². The zero-order valence-corrected chi connectivity index (χ0v) is 14.7. The molecule has 1 aliphatic heterocycles. The minimum absolute atomic E-state index is 0.0107. The molecule has 0 saturated carbocycles. The zero-order valence-electron chi connectivity index (χ0n) is 14.7. The molecule has 4 heteroatoms. The lowest BCUT2D eigenvalue weighted by Gasteiger charge is -2.43. The van der Waals surface area contributed by atoms with E-state index in [1.807, 2.05) is 18.7 Å². The van der Waals surface area contributed by atoms with E-state index < -0.39 is 0 Å². The first kappa shape index (κ1) is 18.0. The van der Waals surface area contributed by atoms with Crippen molar-refractivity contribution in [1.29, 1.82) is 0 Å². The summed E-state index contributed by atoms with van der Waals surface area (Å²) in [7, 11) is 0. The number of amides is 2. The van der Waals surface area contributed by atoms with Gasteiger partial charge in [0, 0.05) is 6.54 Å². The first-order valence-corrected chi connectivity index (χ1v) is 8.19. The van der Waals surface area contributed by atoms with E-state index in [9.17, 15) is 9.59 Å². The largest absolute Gasteiger partial charge is 0.342 e. The monoisotopic (exact) mass is 296 g/mol. The molecule has 2 amide bonds. The van der Waals surface area contributed by atoms with Crippen LogP contribution in [0.15, 0.2) is 0 Å². The van der Waals surface area contributed by atoms with Crippen LogP contribution in [0.25, 0.3) is 0 Å². The van der Waals surface area contributed by atoms with Gasteiger partial charge in [-0.05, 0) is 23.7 Å². The number of rotatable bonds is 5. The second-order valence-corrected chi connectivity index (χ2v) is 7.90. The second kappa shape index (κ2) is 6.80. The Morgan fingerprint density at radius 3 is 2.19 bits per heavy atom. The van der Waals surface area contributed by atoms with Gasteiger partial charge in [0.25, 0.3) is 0 Å². The first-order chi connectivity index (χ1) is 9.58. The molecule has 0 bridgehead atoms. The SMILES string of the molecule is CCC(C)C1C(=O)NC(C(C)C)C(=O)N1CCC(C)(C)C. The highest BCUT2D eigenvalue weighted by molar-refractivity contribution is 5.97. The predicted octanol–water partition coefficient (Wildman–Crippen LogP) is 2.82. The lowest BCUT2D eigenvalue weighted by Crippen LogP contribution is -2.66. The Hall–Kier alpha value is -1.06. The Morgan fingerprint density at radius 1 is 1.19 bits per heavy atom. The van der Waals surface area contributed by atoms with Crippen LogP contribution in [-0.2, 0) is 9.59 Å². The number of hydrogen-bond acceptors (Lipinski definition) is 2. The maximum atomic E-state index is 12.8. The van der Waals surface area contributed by atoms with Crippen LogP contribution in [-0.4, -0.2) is 35.3 Å². The molecule has 4 nitrogen and oxygen atoms in total. The summed E-state index contributed by atoms with van der Waals surface area (Å²) in [6.07, 6.45) is 1.80. The lowest BCUT2D eigenvalue weighted by molar-refractivity contribution is -0.153. The molecular weight excluding hydrogens is 264 g/mol. The molecule has 0 aromatic rings. The zero-order chi connectivity index (χ0) is 16.4. The number of carbonyl (C=O) groups excluding carboxylic acids is 2. The van der Waals surface area contributed by atoms with Gasteiger partial charge >= 0.3 is 0 Å². The van der Waals surface area contributed by atoms with E-state index >= 15 is 0 Å². The van der Waals surface area contributed by atoms with Gasteiger partial charge in [-0.25, -0.2) is 0 Å². The Bertz CT molecular complexity index is 385. The van der Waals surface area contributed by atoms with Crippen LogP contribution in [0.1, 0.15) is 61.3 Å². The molecule has 122 valence electrons. The smallest absolute Gasteiger partial charge is 0.246 e. The van der Waals surface area contributed by atoms with Gasteiger partial charge in [0.2, 0.25) is 11.8 Å². The van der Waals surface area contributed by atoms with Crippen LogP contribution in [0.4, 0.5) is 0 Å². The maximum absolute atomic E-state index is 12.8. The van der Waals surface area contributed by atoms with Crippen LogP contribution in [0.5, 0.6) is 0 Å². The fourth-order valence-corrected chi connectivity index (χ4v) is 2.70. The number of nitrogens with one attached hydrogen (secondary N) is 1. The summed E-state index contributed by atoms with van der Waals surface area (Å²) in [6, 6.07) is -0.697. The van der Waals surface area contributed by atoms with E-state index in [1.165, 1.54) is 0 Å². The summed E-state index contributed by atoms with van der Waals surface area (Å²) in [5.74, 6) is 0.397. The molecule has 0 aliphatic carbocycles. The van der Waals surface area contributed by atoms with E-state index in [2.05, 4.69) is 39.9 Å². The molecule has 21 heavy (non-hydrogen) atoms. The Balaban J connectivity index is 3.00. The van der Waals surface area contributed by atoms with Crippen molar-refractivity contribution in [3.05, 3.63) is 0 Å². The van der Waals surface area contributed by atoms with Crippen molar-refractivity contribution in [2.75, 3.05) is 6.54 Å². The molecule has 3 unspecified atom stereocenters. The molecule has 1 N–H and O–H groups in total. The van der Waals surface area contributed by atoms with Gasteiger partial charge in [0.15, 0.2) is 0 Å². The highest BCUT2D eigenvalue weighted by atomic mass is 16.2. The molecule has 0 radical (unpaired) electrons. The van der Waals surface area contributed by atoms with Crippen molar-refractivity contribution in [3.8, 4) is 0 Å². The van der Waals surface area contributed by atoms with Gasteiger partial charge in [-0.3, -0.25) is 9.59 Å². The highest BCUT2D eigenvalue weighted by Crippen LogP contribution is 2.26. The van der Waals surface area contributed by atoms with Gasteiger partial charge in [-0.2, -0.15) is 0 Å². The van der Waals surface area contributed by atoms with Crippen molar-refractivity contribution in [3.63, 3.8) is 0 Å². The third-order valence-corrected chi connectivity index (χ3v) is 4.40. The molecular formula is C17H32N2O2. The first-order valence-electron chi connectivity index (χ1n) is 8.19. The average molecular weight is 296 g/mol. The van der Waals surface area contributed by atoms with Crippen molar-refractivity contribution < 1.29 is 9.59 Å². The molecule has 1 aliphatic rings. The fourth-order valence-electron chi connectivity index (χ4n) is 2.70. The third kappa shape index (κ3) is 4.45. The van der Waals surface area contributed by atoms with Gasteiger partial charge < -0.3 is 10.2 Å². The van der Waals surface area contributed by atoms with E-state index in [0.29, 0.717) is 6.54 Å². The number of piperazine rings is 1. The number of hydrogen-bond donors (Lipinski definition) is 1. The maximum Gasteiger partial charge on any atom is 0.246 e. The second-order valence-electron chi connectivity index (χ2n) is 7.90. The van der Waals surface area contributed by atoms with E-state index in [0.717, 1.165) is 12.8 Å². The molecule has 1 heterocycles. The van der Waals surface area contributed by atoms with Crippen molar-refractivity contribution in [2.24, 2.45) is 17.3 Å². The molecule has 0 aromatic carbocycles. The normalized spacial score (nSPS) is 25.2. The van der Waals surface area contributed by atoms with Crippen LogP contribution in [0, 0.1) is 17.3 Å². The van der Waals surface area contributed by atoms with Crippen LogP contribution < -0.4 is 5.32 Å². The van der Waals surface area contributed by atoms with Crippen LogP contribution >= 0.6 is 0 Å². The van der Waals surface area contributed by atoms with Gasteiger partial charge in [0.05, 0.1) is 0 Å². The minimum Gasteiger partial charge on any atom is -0.342 e. The molecule has 1 saturated heterocycles. The average Bonchev–Trinajstić information content (AvgIpc) is 2.36. The Kier molecular flexibility index (Phi) is 5.83. The summed E-state index contributed by atoms with van der Waals surface area (Å²) in [5.41, 5.74) is 0.154. The van der Waals surface area contributed by atoms with Crippen LogP contribution in [0.2, 0.25) is 0 Å². The fraction of sp³-hybridized carbons (Fsp3) is 0.882. The quantitative estimate of drug-likeness (QED) is 0.848. The van der Waals surface area contributed by atoms with Crippen molar-refractivity contribution >= 4 is 11.8 Å². The standard InChI is InChI=1S/C17H32N2O2/c1-8-12(4)14-15(20)18-13(11(2)3)16(21)19(14)10-9-17(5,6)7/h11-14H,8-10H2,1-7H3,(H,18,20). The molecule has 1 rings (SSSR count). The van der Waals surface area contributed by atoms with Crippen molar-refractivity contribution in [2.45, 2.75) is 73.4 Å². The van der Waals surface area contributed by atoms with E-state index in [4.69, 9.17) is 0 Å². The van der Waals surface area contributed by atoms with Gasteiger partial charge in [-0.1, -0.05) is 54.9 Å². The summed E-state index contributed by atoms with van der Waals surface area (Å²) < 4.78 is 0. The molecule has 3 atom stereocenters. The van der Waals surface area contributed by atoms with Gasteiger partial charge in [-0.15, -0.1) is 0 Å². The van der Waals surface area contributed by atoms with Gasteiger partial charge in [0.1, 0.15) is 12.1 Å².